The number of aryl methyl sites for hydroxylation is 1. The van der Waals surface area contributed by atoms with Crippen molar-refractivity contribution < 1.29 is 19.1 Å². The lowest BCUT2D eigenvalue weighted by molar-refractivity contribution is -0.147. The van der Waals surface area contributed by atoms with Crippen LogP contribution in [0.1, 0.15) is 48.5 Å². The number of carbonyl (C=O) groups excluding carboxylic acids is 3. The van der Waals surface area contributed by atoms with Gasteiger partial charge in [-0.3, -0.25) is 14.4 Å². The summed E-state index contributed by atoms with van der Waals surface area (Å²) in [7, 11) is 0. The number of amides is 2. The second-order valence-electron chi connectivity index (χ2n) is 7.85. The molecule has 0 aliphatic heterocycles. The van der Waals surface area contributed by atoms with Gasteiger partial charge in [-0.15, -0.1) is 0 Å². The van der Waals surface area contributed by atoms with Crippen LogP contribution in [-0.2, 0) is 14.3 Å². The van der Waals surface area contributed by atoms with Crippen LogP contribution in [0.2, 0.25) is 0 Å². The zero-order valence-corrected chi connectivity index (χ0v) is 16.0. The molecule has 2 aliphatic carbocycles. The molecule has 6 heteroatoms. The van der Waals surface area contributed by atoms with Crippen LogP contribution in [0.15, 0.2) is 24.3 Å². The first-order valence-corrected chi connectivity index (χ1v) is 9.73. The van der Waals surface area contributed by atoms with Gasteiger partial charge in [0.25, 0.3) is 11.8 Å². The van der Waals surface area contributed by atoms with Crippen molar-refractivity contribution in [3.63, 3.8) is 0 Å². The quantitative estimate of drug-likeness (QED) is 0.719. The summed E-state index contributed by atoms with van der Waals surface area (Å²) >= 11 is 0. The molecule has 27 heavy (non-hydrogen) atoms. The van der Waals surface area contributed by atoms with Crippen molar-refractivity contribution in [2.24, 2.45) is 17.8 Å². The maximum atomic E-state index is 12.1. The van der Waals surface area contributed by atoms with Crippen LogP contribution in [0.5, 0.6) is 0 Å². The van der Waals surface area contributed by atoms with Crippen LogP contribution < -0.4 is 10.6 Å². The lowest BCUT2D eigenvalue weighted by Gasteiger charge is -2.28. The van der Waals surface area contributed by atoms with Crippen LogP contribution >= 0.6 is 0 Å². The number of fused-ring (bicyclic) bond motifs is 2. The summed E-state index contributed by atoms with van der Waals surface area (Å²) < 4.78 is 4.98. The van der Waals surface area contributed by atoms with Crippen LogP contribution in [0.4, 0.5) is 0 Å². The van der Waals surface area contributed by atoms with Crippen molar-refractivity contribution in [2.75, 3.05) is 13.2 Å². The number of esters is 1. The highest BCUT2D eigenvalue weighted by atomic mass is 16.5. The Bertz CT molecular complexity index is 718. The Balaban J connectivity index is 1.35. The molecule has 0 aromatic heterocycles. The average molecular weight is 372 g/mol. The monoisotopic (exact) mass is 372 g/mol. The van der Waals surface area contributed by atoms with E-state index in [1.54, 1.807) is 12.1 Å². The minimum Gasteiger partial charge on any atom is -0.454 e. The average Bonchev–Trinajstić information content (AvgIpc) is 3.28. The first kappa shape index (κ1) is 19.4. The Labute approximate surface area is 160 Å². The molecule has 1 aromatic carbocycles. The molecular formula is C21H28N2O4. The molecule has 6 nitrogen and oxygen atoms in total. The SMILES string of the molecule is Cc1ccccc1C(=O)NCC(=O)OCC(=O)N[C@@H](C)[C@H]1C[C@H]2CC[C@H]1C2. The van der Waals surface area contributed by atoms with E-state index < -0.39 is 5.97 Å². The van der Waals surface area contributed by atoms with Crippen molar-refractivity contribution in [1.29, 1.82) is 0 Å². The molecule has 2 fully saturated rings. The van der Waals surface area contributed by atoms with E-state index >= 15 is 0 Å². The first-order chi connectivity index (χ1) is 12.9. The van der Waals surface area contributed by atoms with Crippen molar-refractivity contribution in [3.8, 4) is 0 Å². The van der Waals surface area contributed by atoms with Gasteiger partial charge < -0.3 is 15.4 Å². The Morgan fingerprint density at radius 2 is 1.96 bits per heavy atom. The summed E-state index contributed by atoms with van der Waals surface area (Å²) in [5.41, 5.74) is 1.35. The summed E-state index contributed by atoms with van der Waals surface area (Å²) in [6, 6.07) is 7.24. The lowest BCUT2D eigenvalue weighted by atomic mass is 9.84. The maximum Gasteiger partial charge on any atom is 0.325 e. The highest BCUT2D eigenvalue weighted by Gasteiger charge is 2.42. The molecule has 0 unspecified atom stereocenters. The number of benzene rings is 1. The van der Waals surface area contributed by atoms with Crippen molar-refractivity contribution in [2.45, 2.75) is 45.6 Å². The topological polar surface area (TPSA) is 84.5 Å². The Morgan fingerprint density at radius 1 is 1.19 bits per heavy atom. The summed E-state index contributed by atoms with van der Waals surface area (Å²) in [5, 5.41) is 5.48. The van der Waals surface area contributed by atoms with E-state index in [0.717, 1.165) is 17.4 Å². The second kappa shape index (κ2) is 8.55. The Hall–Kier alpha value is -2.37. The third-order valence-corrected chi connectivity index (χ3v) is 5.97. The number of hydrogen-bond acceptors (Lipinski definition) is 4. The number of nitrogens with one attached hydrogen (secondary N) is 2. The van der Waals surface area contributed by atoms with Gasteiger partial charge in [-0.2, -0.15) is 0 Å². The normalized spacial score (nSPS) is 24.3. The molecule has 2 N–H and O–H groups in total. The summed E-state index contributed by atoms with van der Waals surface area (Å²) in [6.45, 7) is 3.29. The third-order valence-electron chi connectivity index (χ3n) is 5.97. The smallest absolute Gasteiger partial charge is 0.325 e. The molecular weight excluding hydrogens is 344 g/mol. The van der Waals surface area contributed by atoms with Gasteiger partial charge in [-0.05, 0) is 62.5 Å². The highest BCUT2D eigenvalue weighted by Crippen LogP contribution is 2.49. The van der Waals surface area contributed by atoms with E-state index in [4.69, 9.17) is 4.74 Å². The molecule has 0 spiro atoms. The minimum absolute atomic E-state index is 0.104. The number of hydrogen-bond donors (Lipinski definition) is 2. The first-order valence-electron chi connectivity index (χ1n) is 9.73. The van der Waals surface area contributed by atoms with Crippen molar-refractivity contribution in [3.05, 3.63) is 35.4 Å². The largest absolute Gasteiger partial charge is 0.454 e. The van der Waals surface area contributed by atoms with Crippen LogP contribution in [0.3, 0.4) is 0 Å². The van der Waals surface area contributed by atoms with Gasteiger partial charge in [-0.25, -0.2) is 0 Å². The fourth-order valence-electron chi connectivity index (χ4n) is 4.58. The van der Waals surface area contributed by atoms with Gasteiger partial charge in [0.15, 0.2) is 6.61 Å². The van der Waals surface area contributed by atoms with Crippen LogP contribution in [0, 0.1) is 24.7 Å². The van der Waals surface area contributed by atoms with Gasteiger partial charge in [0.05, 0.1) is 0 Å². The maximum absolute atomic E-state index is 12.1. The van der Waals surface area contributed by atoms with E-state index in [-0.39, 0.29) is 31.0 Å². The van der Waals surface area contributed by atoms with E-state index in [1.165, 1.54) is 25.7 Å². The van der Waals surface area contributed by atoms with Gasteiger partial charge in [0.2, 0.25) is 0 Å². The fraction of sp³-hybridized carbons (Fsp3) is 0.571. The van der Waals surface area contributed by atoms with Gasteiger partial charge >= 0.3 is 5.97 Å². The van der Waals surface area contributed by atoms with Gasteiger partial charge in [0, 0.05) is 11.6 Å². The van der Waals surface area contributed by atoms with E-state index in [0.29, 0.717) is 11.5 Å². The summed E-state index contributed by atoms with van der Waals surface area (Å²) in [6.07, 6.45) is 5.08. The second-order valence-corrected chi connectivity index (χ2v) is 7.85. The predicted octanol–water partition coefficient (Wildman–Crippen LogP) is 2.21. The van der Waals surface area contributed by atoms with Crippen LogP contribution in [-0.4, -0.2) is 37.0 Å². The predicted molar refractivity (Wildman–Crippen MR) is 101 cm³/mol. The zero-order valence-electron chi connectivity index (χ0n) is 16.0. The molecule has 2 amide bonds. The molecule has 3 rings (SSSR count). The third kappa shape index (κ3) is 4.87. The fourth-order valence-corrected chi connectivity index (χ4v) is 4.58. The van der Waals surface area contributed by atoms with Crippen molar-refractivity contribution >= 4 is 17.8 Å². The molecule has 2 bridgehead atoms. The number of ether oxygens (including phenoxy) is 1. The molecule has 2 saturated carbocycles. The molecule has 2 aliphatic rings. The highest BCUT2D eigenvalue weighted by molar-refractivity contribution is 5.97. The van der Waals surface area contributed by atoms with E-state index in [2.05, 4.69) is 10.6 Å². The molecule has 146 valence electrons. The Kier molecular flexibility index (Phi) is 6.14. The molecule has 0 heterocycles. The number of rotatable bonds is 7. The Morgan fingerprint density at radius 3 is 2.63 bits per heavy atom. The molecule has 0 saturated heterocycles. The lowest BCUT2D eigenvalue weighted by Crippen LogP contribution is -2.42. The van der Waals surface area contributed by atoms with E-state index in [9.17, 15) is 14.4 Å². The van der Waals surface area contributed by atoms with Gasteiger partial charge in [-0.1, -0.05) is 24.6 Å². The zero-order chi connectivity index (χ0) is 19.4. The molecule has 4 atom stereocenters. The number of carbonyl (C=O) groups is 3. The van der Waals surface area contributed by atoms with Gasteiger partial charge in [0.1, 0.15) is 6.54 Å². The molecule has 0 radical (unpaired) electrons. The standard InChI is InChI=1S/C21H28N2O4/c1-13-5-3-4-6-17(13)21(26)22-11-20(25)27-12-19(24)23-14(2)18-10-15-7-8-16(18)9-15/h3-6,14-16,18H,7-12H2,1-2H3,(H,22,26)(H,23,24)/t14-,15-,16-,18+/m0/s1. The van der Waals surface area contributed by atoms with E-state index in [1.807, 2.05) is 26.0 Å². The summed E-state index contributed by atoms with van der Waals surface area (Å²) in [4.78, 5) is 35.9. The van der Waals surface area contributed by atoms with Crippen LogP contribution in [0.25, 0.3) is 0 Å². The van der Waals surface area contributed by atoms with Crippen molar-refractivity contribution in [1.82, 2.24) is 10.6 Å². The molecule has 1 aromatic rings. The minimum atomic E-state index is -0.625. The summed E-state index contributed by atoms with van der Waals surface area (Å²) in [5.74, 6) is 0.846.